The van der Waals surface area contributed by atoms with Crippen molar-refractivity contribution in [3.05, 3.63) is 23.8 Å². The summed E-state index contributed by atoms with van der Waals surface area (Å²) in [6.45, 7) is 10.8. The Morgan fingerprint density at radius 2 is 1.95 bits per heavy atom. The van der Waals surface area contributed by atoms with Gasteiger partial charge >= 0.3 is 0 Å². The smallest absolute Gasteiger partial charge is 0.229 e. The second-order valence-corrected chi connectivity index (χ2v) is 7.82. The standard InChI is InChI=1S/C15H24N2OSi/c1-12-7-8-14(15(11-12)18-19(3)4)16-13(2)17-9-5-6-10-17/h7-8,11,19H,5-6,9-10H2,1-4H3. The molecule has 0 saturated carbocycles. The highest BCUT2D eigenvalue weighted by Gasteiger charge is 2.13. The van der Waals surface area contributed by atoms with E-state index in [4.69, 9.17) is 9.42 Å². The molecule has 0 radical (unpaired) electrons. The number of hydrogen-bond donors (Lipinski definition) is 0. The van der Waals surface area contributed by atoms with Gasteiger partial charge < -0.3 is 9.33 Å². The van der Waals surface area contributed by atoms with Crippen molar-refractivity contribution in [2.24, 2.45) is 4.99 Å². The van der Waals surface area contributed by atoms with Crippen LogP contribution in [0.15, 0.2) is 23.2 Å². The van der Waals surface area contributed by atoms with E-state index in [9.17, 15) is 0 Å². The number of likely N-dealkylation sites (tertiary alicyclic amines) is 1. The fourth-order valence-electron chi connectivity index (χ4n) is 2.35. The Labute approximate surface area is 118 Å². The fourth-order valence-corrected chi connectivity index (χ4v) is 3.04. The lowest BCUT2D eigenvalue weighted by Crippen LogP contribution is -2.24. The van der Waals surface area contributed by atoms with Crippen molar-refractivity contribution in [3.63, 3.8) is 0 Å². The minimum absolute atomic E-state index is 0.945. The monoisotopic (exact) mass is 276 g/mol. The van der Waals surface area contributed by atoms with Crippen molar-refractivity contribution in [1.29, 1.82) is 0 Å². The number of rotatable bonds is 3. The lowest BCUT2D eigenvalue weighted by molar-refractivity contribution is 0.516. The summed E-state index contributed by atoms with van der Waals surface area (Å²) in [5.74, 6) is 2.05. The molecular weight excluding hydrogens is 252 g/mol. The van der Waals surface area contributed by atoms with E-state index >= 15 is 0 Å². The predicted octanol–water partition coefficient (Wildman–Crippen LogP) is 3.50. The molecule has 0 atom stereocenters. The summed E-state index contributed by atoms with van der Waals surface area (Å²) in [6.07, 6.45) is 2.56. The van der Waals surface area contributed by atoms with Crippen LogP contribution in [0.2, 0.25) is 13.1 Å². The summed E-state index contributed by atoms with van der Waals surface area (Å²) in [5.41, 5.74) is 2.19. The van der Waals surface area contributed by atoms with E-state index in [0.29, 0.717) is 0 Å². The maximum Gasteiger partial charge on any atom is 0.229 e. The molecule has 0 N–H and O–H groups in total. The van der Waals surface area contributed by atoms with E-state index in [0.717, 1.165) is 30.4 Å². The predicted molar refractivity (Wildman–Crippen MR) is 84.3 cm³/mol. The van der Waals surface area contributed by atoms with Gasteiger partial charge in [0.05, 0.1) is 0 Å². The maximum atomic E-state index is 6.00. The third-order valence-electron chi connectivity index (χ3n) is 3.32. The Kier molecular flexibility index (Phi) is 4.64. The molecule has 4 heteroatoms. The van der Waals surface area contributed by atoms with E-state index in [1.807, 2.05) is 0 Å². The second kappa shape index (κ2) is 6.24. The number of hydrogen-bond acceptors (Lipinski definition) is 2. The molecule has 19 heavy (non-hydrogen) atoms. The van der Waals surface area contributed by atoms with Gasteiger partial charge in [0.25, 0.3) is 0 Å². The fraction of sp³-hybridized carbons (Fsp3) is 0.533. The van der Waals surface area contributed by atoms with E-state index < -0.39 is 9.04 Å². The molecule has 1 aliphatic rings. The number of aliphatic imine (C=N–C) groups is 1. The van der Waals surface area contributed by atoms with Crippen LogP contribution >= 0.6 is 0 Å². The molecule has 1 saturated heterocycles. The first-order valence-electron chi connectivity index (χ1n) is 7.14. The summed E-state index contributed by atoms with van der Waals surface area (Å²) in [5, 5.41) is 0. The Bertz CT molecular complexity index is 465. The molecule has 0 aromatic heterocycles. The minimum atomic E-state index is -1.10. The van der Waals surface area contributed by atoms with Crippen LogP contribution in [0.25, 0.3) is 0 Å². The molecule has 1 heterocycles. The average molecular weight is 276 g/mol. The summed E-state index contributed by atoms with van der Waals surface area (Å²) in [7, 11) is -1.10. The molecule has 2 rings (SSSR count). The maximum absolute atomic E-state index is 6.00. The second-order valence-electron chi connectivity index (χ2n) is 5.49. The number of benzene rings is 1. The van der Waals surface area contributed by atoms with Gasteiger partial charge in [0.15, 0.2) is 0 Å². The zero-order chi connectivity index (χ0) is 13.8. The van der Waals surface area contributed by atoms with Gasteiger partial charge in [-0.1, -0.05) is 6.07 Å². The lowest BCUT2D eigenvalue weighted by atomic mass is 10.2. The third-order valence-corrected chi connectivity index (χ3v) is 4.05. The SMILES string of the molecule is CC(=Nc1ccc(C)cc1O[SiH](C)C)N1CCCC1. The first kappa shape index (κ1) is 14.1. The molecular formula is C15H24N2OSi. The Hall–Kier alpha value is -1.29. The third kappa shape index (κ3) is 3.83. The highest BCUT2D eigenvalue weighted by atomic mass is 28.3. The Balaban J connectivity index is 2.25. The zero-order valence-corrected chi connectivity index (χ0v) is 13.6. The van der Waals surface area contributed by atoms with Crippen LogP contribution in [0.3, 0.4) is 0 Å². The highest BCUT2D eigenvalue weighted by molar-refractivity contribution is 6.49. The highest BCUT2D eigenvalue weighted by Crippen LogP contribution is 2.29. The molecule has 0 amide bonds. The van der Waals surface area contributed by atoms with Crippen LogP contribution < -0.4 is 4.43 Å². The van der Waals surface area contributed by atoms with Gasteiger partial charge in [0.1, 0.15) is 17.3 Å². The van der Waals surface area contributed by atoms with Gasteiger partial charge in [-0.3, -0.25) is 0 Å². The van der Waals surface area contributed by atoms with Crippen LogP contribution in [0.4, 0.5) is 5.69 Å². The van der Waals surface area contributed by atoms with Gasteiger partial charge in [-0.25, -0.2) is 4.99 Å². The average Bonchev–Trinajstić information content (AvgIpc) is 2.85. The van der Waals surface area contributed by atoms with Crippen LogP contribution in [0, 0.1) is 6.92 Å². The number of aryl methyl sites for hydroxylation is 1. The van der Waals surface area contributed by atoms with Gasteiger partial charge in [-0.15, -0.1) is 0 Å². The van der Waals surface area contributed by atoms with Gasteiger partial charge in [0.2, 0.25) is 9.04 Å². The molecule has 0 aliphatic carbocycles. The molecule has 0 spiro atoms. The molecule has 1 aliphatic heterocycles. The lowest BCUT2D eigenvalue weighted by Gasteiger charge is -2.18. The van der Waals surface area contributed by atoms with E-state index in [1.165, 1.54) is 18.4 Å². The molecule has 1 aromatic carbocycles. The largest absolute Gasteiger partial charge is 0.546 e. The Morgan fingerprint density at radius 1 is 1.26 bits per heavy atom. The molecule has 0 unspecified atom stereocenters. The summed E-state index contributed by atoms with van der Waals surface area (Å²) in [4.78, 5) is 7.13. The van der Waals surface area contributed by atoms with E-state index in [2.05, 4.69) is 50.0 Å². The number of nitrogens with zero attached hydrogens (tertiary/aromatic N) is 2. The van der Waals surface area contributed by atoms with Crippen molar-refractivity contribution in [2.45, 2.75) is 39.8 Å². The van der Waals surface area contributed by atoms with Crippen LogP contribution in [0.5, 0.6) is 5.75 Å². The van der Waals surface area contributed by atoms with Crippen molar-refractivity contribution >= 4 is 20.6 Å². The van der Waals surface area contributed by atoms with Gasteiger partial charge in [-0.05, 0) is 57.5 Å². The molecule has 104 valence electrons. The topological polar surface area (TPSA) is 24.8 Å². The van der Waals surface area contributed by atoms with Crippen molar-refractivity contribution < 1.29 is 4.43 Å². The number of amidine groups is 1. The quantitative estimate of drug-likeness (QED) is 0.479. The first-order valence-corrected chi connectivity index (χ1v) is 9.92. The first-order chi connectivity index (χ1) is 9.06. The van der Waals surface area contributed by atoms with Crippen molar-refractivity contribution in [1.82, 2.24) is 4.90 Å². The van der Waals surface area contributed by atoms with Crippen LogP contribution in [-0.4, -0.2) is 32.9 Å². The Morgan fingerprint density at radius 3 is 2.58 bits per heavy atom. The molecule has 3 nitrogen and oxygen atoms in total. The normalized spacial score (nSPS) is 16.3. The zero-order valence-electron chi connectivity index (χ0n) is 12.4. The molecule has 1 fully saturated rings. The van der Waals surface area contributed by atoms with Crippen LogP contribution in [0.1, 0.15) is 25.3 Å². The minimum Gasteiger partial charge on any atom is -0.546 e. The summed E-state index contributed by atoms with van der Waals surface area (Å²) in [6, 6.07) is 6.27. The summed E-state index contributed by atoms with van der Waals surface area (Å²) >= 11 is 0. The van der Waals surface area contributed by atoms with E-state index in [1.54, 1.807) is 0 Å². The molecule has 0 bridgehead atoms. The van der Waals surface area contributed by atoms with Crippen molar-refractivity contribution in [3.8, 4) is 5.75 Å². The van der Waals surface area contributed by atoms with Crippen LogP contribution in [-0.2, 0) is 0 Å². The summed E-state index contributed by atoms with van der Waals surface area (Å²) < 4.78 is 6.00. The molecule has 1 aromatic rings. The van der Waals surface area contributed by atoms with Gasteiger partial charge in [0, 0.05) is 13.1 Å². The van der Waals surface area contributed by atoms with Crippen molar-refractivity contribution in [2.75, 3.05) is 13.1 Å². The van der Waals surface area contributed by atoms with E-state index in [-0.39, 0.29) is 0 Å². The van der Waals surface area contributed by atoms with Gasteiger partial charge in [-0.2, -0.15) is 0 Å².